The zero-order chi connectivity index (χ0) is 11.1. The van der Waals surface area contributed by atoms with Crippen molar-refractivity contribution in [2.24, 2.45) is 0 Å². The van der Waals surface area contributed by atoms with E-state index in [1.54, 1.807) is 0 Å². The van der Waals surface area contributed by atoms with Crippen molar-refractivity contribution >= 4 is 6.71 Å². The monoisotopic (exact) mass is 198 g/mol. The molecule has 0 aliphatic carbocycles. The Morgan fingerprint density at radius 3 is 2.20 bits per heavy atom. The van der Waals surface area contributed by atoms with E-state index >= 15 is 0 Å². The highest BCUT2D eigenvalue weighted by atomic mass is 14.2. The average molecular weight is 198 g/mol. The van der Waals surface area contributed by atoms with Crippen LogP contribution in [-0.2, 0) is 0 Å². The van der Waals surface area contributed by atoms with Crippen LogP contribution in [0, 0.1) is 0 Å². The molecule has 0 nitrogen and oxygen atoms in total. The molecule has 0 atom stereocenters. The Hall–Kier alpha value is -1.24. The molecule has 1 aliphatic heterocycles. The lowest BCUT2D eigenvalue weighted by Gasteiger charge is -2.35. The fourth-order valence-electron chi connectivity index (χ4n) is 2.31. The molecule has 0 aromatic carbocycles. The van der Waals surface area contributed by atoms with Gasteiger partial charge in [-0.15, -0.1) is 25.7 Å². The van der Waals surface area contributed by atoms with E-state index in [0.29, 0.717) is 6.71 Å². The van der Waals surface area contributed by atoms with E-state index in [1.165, 1.54) is 0 Å². The van der Waals surface area contributed by atoms with Crippen LogP contribution in [0.1, 0.15) is 12.8 Å². The predicted molar refractivity (Wildman–Crippen MR) is 71.4 cm³/mol. The van der Waals surface area contributed by atoms with E-state index in [2.05, 4.69) is 43.9 Å². The van der Waals surface area contributed by atoms with Crippen molar-refractivity contribution in [3.8, 4) is 0 Å². The second kappa shape index (κ2) is 5.60. The first-order valence-electron chi connectivity index (χ1n) is 5.48. The highest BCUT2D eigenvalue weighted by Gasteiger charge is 2.35. The minimum absolute atomic E-state index is 0.173. The van der Waals surface area contributed by atoms with E-state index in [9.17, 15) is 0 Å². The summed E-state index contributed by atoms with van der Waals surface area (Å²) in [4.78, 5) is 0. The first kappa shape index (κ1) is 11.8. The van der Waals surface area contributed by atoms with E-state index in [-0.39, 0.29) is 5.31 Å². The normalized spacial score (nSPS) is 17.5. The maximum Gasteiger partial charge on any atom is 0.181 e. The van der Waals surface area contributed by atoms with Crippen molar-refractivity contribution in [3.63, 3.8) is 0 Å². The summed E-state index contributed by atoms with van der Waals surface area (Å²) in [6.07, 6.45) is 15.6. The van der Waals surface area contributed by atoms with Crippen LogP contribution in [0.25, 0.3) is 0 Å². The van der Waals surface area contributed by atoms with E-state index in [1.807, 2.05) is 18.2 Å². The molecule has 0 N–H and O–H groups in total. The number of rotatable bonds is 6. The Bertz CT molecular complexity index is 286. The quantitative estimate of drug-likeness (QED) is 0.442. The summed E-state index contributed by atoms with van der Waals surface area (Å²) in [5.74, 6) is 2.27. The molecular weight excluding hydrogens is 179 g/mol. The minimum Gasteiger partial charge on any atom is -0.114 e. The molecule has 0 aromatic rings. The standard InChI is InChI=1S/C14H19B/c1-4-9-14(10-5-2)11-7-8-13-15(14)12-6-3/h4-8,11,13H,1-3,9-10,12H2. The van der Waals surface area contributed by atoms with Gasteiger partial charge in [-0.25, -0.2) is 0 Å². The lowest BCUT2D eigenvalue weighted by Crippen LogP contribution is -2.30. The van der Waals surface area contributed by atoms with Gasteiger partial charge >= 0.3 is 0 Å². The molecule has 0 fully saturated rings. The fourth-order valence-corrected chi connectivity index (χ4v) is 2.31. The topological polar surface area (TPSA) is 0 Å². The largest absolute Gasteiger partial charge is 0.181 e. The zero-order valence-electron chi connectivity index (χ0n) is 9.36. The van der Waals surface area contributed by atoms with Crippen molar-refractivity contribution in [2.45, 2.75) is 24.5 Å². The van der Waals surface area contributed by atoms with Gasteiger partial charge in [-0.3, -0.25) is 0 Å². The molecule has 1 rings (SSSR count). The second-order valence-corrected chi connectivity index (χ2v) is 4.09. The Morgan fingerprint density at radius 2 is 1.67 bits per heavy atom. The van der Waals surface area contributed by atoms with Crippen LogP contribution in [0.2, 0.25) is 11.6 Å². The zero-order valence-corrected chi connectivity index (χ0v) is 9.36. The molecule has 0 saturated heterocycles. The lowest BCUT2D eigenvalue weighted by atomic mass is 9.29. The molecule has 0 aromatic heterocycles. The van der Waals surface area contributed by atoms with Gasteiger partial charge in [0.15, 0.2) is 6.71 Å². The molecule has 0 radical (unpaired) electrons. The summed E-state index contributed by atoms with van der Waals surface area (Å²) < 4.78 is 0. The van der Waals surface area contributed by atoms with Crippen LogP contribution in [0.4, 0.5) is 0 Å². The molecule has 0 spiro atoms. The summed E-state index contributed by atoms with van der Waals surface area (Å²) in [5.41, 5.74) is 0. The van der Waals surface area contributed by atoms with Crippen molar-refractivity contribution < 1.29 is 0 Å². The second-order valence-electron chi connectivity index (χ2n) is 4.09. The number of hydrogen-bond donors (Lipinski definition) is 0. The third kappa shape index (κ3) is 2.62. The molecule has 15 heavy (non-hydrogen) atoms. The van der Waals surface area contributed by atoms with Gasteiger partial charge in [-0.05, 0) is 18.2 Å². The van der Waals surface area contributed by atoms with Gasteiger partial charge in [-0.2, -0.15) is 0 Å². The number of allylic oxidation sites excluding steroid dienone is 6. The molecule has 0 bridgehead atoms. The fraction of sp³-hybridized carbons (Fsp3) is 0.286. The van der Waals surface area contributed by atoms with Crippen LogP contribution < -0.4 is 0 Å². The van der Waals surface area contributed by atoms with Crippen LogP contribution in [0.15, 0.2) is 62.2 Å². The average Bonchev–Trinajstić information content (AvgIpc) is 2.23. The maximum absolute atomic E-state index is 3.86. The Balaban J connectivity index is 2.94. The molecule has 0 saturated carbocycles. The molecule has 1 aliphatic rings. The third-order valence-electron chi connectivity index (χ3n) is 3.09. The van der Waals surface area contributed by atoms with Gasteiger partial charge in [0.2, 0.25) is 0 Å². The lowest BCUT2D eigenvalue weighted by molar-refractivity contribution is 0.681. The van der Waals surface area contributed by atoms with Crippen molar-refractivity contribution in [1.29, 1.82) is 0 Å². The minimum atomic E-state index is 0.173. The maximum atomic E-state index is 3.86. The van der Waals surface area contributed by atoms with Crippen molar-refractivity contribution in [1.82, 2.24) is 0 Å². The van der Waals surface area contributed by atoms with Crippen molar-refractivity contribution in [3.05, 3.63) is 62.2 Å². The van der Waals surface area contributed by atoms with E-state index in [4.69, 9.17) is 0 Å². The van der Waals surface area contributed by atoms with Crippen LogP contribution in [0.5, 0.6) is 0 Å². The SMILES string of the molecule is C=CCB1C=CC=CC1(CC=C)CC=C. The molecular formula is C14H19B. The molecule has 78 valence electrons. The number of hydrogen-bond acceptors (Lipinski definition) is 0. The van der Waals surface area contributed by atoms with Crippen LogP contribution in [-0.4, -0.2) is 6.71 Å². The molecule has 0 unspecified atom stereocenters. The van der Waals surface area contributed by atoms with Crippen LogP contribution >= 0.6 is 0 Å². The Labute approximate surface area is 93.9 Å². The van der Waals surface area contributed by atoms with Gasteiger partial charge in [0.1, 0.15) is 0 Å². The first-order chi connectivity index (χ1) is 7.29. The van der Waals surface area contributed by atoms with Gasteiger partial charge in [-0.1, -0.05) is 42.8 Å². The van der Waals surface area contributed by atoms with Crippen molar-refractivity contribution in [2.75, 3.05) is 0 Å². The van der Waals surface area contributed by atoms with E-state index < -0.39 is 0 Å². The molecule has 1 heteroatoms. The first-order valence-corrected chi connectivity index (χ1v) is 5.48. The summed E-state index contributed by atoms with van der Waals surface area (Å²) in [7, 11) is 0. The predicted octanol–water partition coefficient (Wildman–Crippen LogP) is 4.23. The third-order valence-corrected chi connectivity index (χ3v) is 3.09. The Kier molecular flexibility index (Phi) is 4.42. The summed E-state index contributed by atoms with van der Waals surface area (Å²) >= 11 is 0. The highest BCUT2D eigenvalue weighted by Crippen LogP contribution is 2.44. The molecule has 0 amide bonds. The van der Waals surface area contributed by atoms with Crippen LogP contribution in [0.3, 0.4) is 0 Å². The summed E-state index contributed by atoms with van der Waals surface area (Å²) in [6.45, 7) is 12.1. The van der Waals surface area contributed by atoms with Gasteiger partial charge < -0.3 is 0 Å². The van der Waals surface area contributed by atoms with Gasteiger partial charge in [0, 0.05) is 0 Å². The van der Waals surface area contributed by atoms with E-state index in [0.717, 1.165) is 19.2 Å². The van der Waals surface area contributed by atoms with Gasteiger partial charge in [0.05, 0.1) is 0 Å². The Morgan fingerprint density at radius 1 is 1.00 bits per heavy atom. The van der Waals surface area contributed by atoms with Gasteiger partial charge in [0.25, 0.3) is 0 Å². The molecule has 1 heterocycles. The summed E-state index contributed by atoms with van der Waals surface area (Å²) in [5, 5.41) is 0.173. The smallest absolute Gasteiger partial charge is 0.114 e. The summed E-state index contributed by atoms with van der Waals surface area (Å²) in [6, 6.07) is 0. The highest BCUT2D eigenvalue weighted by molar-refractivity contribution is 6.69.